The van der Waals surface area contributed by atoms with Gasteiger partial charge in [0.1, 0.15) is 5.75 Å². The zero-order valence-corrected chi connectivity index (χ0v) is 13.7. The number of rotatable bonds is 3. The molecule has 4 nitrogen and oxygen atoms in total. The Morgan fingerprint density at radius 1 is 1.13 bits per heavy atom. The number of likely N-dealkylation sites (tertiary alicyclic amines) is 1. The molecule has 4 rings (SSSR count). The summed E-state index contributed by atoms with van der Waals surface area (Å²) in [7, 11) is 0. The average molecular weight is 314 g/mol. The highest BCUT2D eigenvalue weighted by Gasteiger charge is 2.38. The minimum absolute atomic E-state index is 0.168. The lowest BCUT2D eigenvalue weighted by Gasteiger charge is -2.38. The molecule has 2 saturated heterocycles. The third-order valence-electron chi connectivity index (χ3n) is 5.90. The zero-order chi connectivity index (χ0) is 15.7. The molecule has 0 radical (unpaired) electrons. The number of nitrogens with zero attached hydrogens (tertiary/aromatic N) is 1. The lowest BCUT2D eigenvalue weighted by atomic mass is 9.78. The standard InChI is InChI=1S/C19H26N2O2/c22-18(21-12-9-19(10-13-21)8-11-20-14-19)15-4-6-17(7-5-15)23-16-2-1-3-16/h4-7,16,20H,1-3,8-14H2. The van der Waals surface area contributed by atoms with Gasteiger partial charge in [-0.1, -0.05) is 0 Å². The second-order valence-corrected chi connectivity index (χ2v) is 7.41. The largest absolute Gasteiger partial charge is 0.490 e. The minimum Gasteiger partial charge on any atom is -0.490 e. The molecule has 2 aliphatic heterocycles. The first-order valence-electron chi connectivity index (χ1n) is 9.01. The Morgan fingerprint density at radius 3 is 2.43 bits per heavy atom. The topological polar surface area (TPSA) is 41.6 Å². The summed E-state index contributed by atoms with van der Waals surface area (Å²) >= 11 is 0. The molecule has 1 amide bonds. The molecule has 0 aromatic heterocycles. The van der Waals surface area contributed by atoms with E-state index < -0.39 is 0 Å². The Labute approximate surface area is 138 Å². The Morgan fingerprint density at radius 2 is 1.87 bits per heavy atom. The van der Waals surface area contributed by atoms with Crippen LogP contribution in [-0.4, -0.2) is 43.1 Å². The van der Waals surface area contributed by atoms with E-state index in [1.807, 2.05) is 29.2 Å². The summed E-state index contributed by atoms with van der Waals surface area (Å²) < 4.78 is 5.86. The number of piperidine rings is 1. The number of carbonyl (C=O) groups is 1. The van der Waals surface area contributed by atoms with Gasteiger partial charge in [0.15, 0.2) is 0 Å². The van der Waals surface area contributed by atoms with E-state index in [0.29, 0.717) is 11.5 Å². The highest BCUT2D eigenvalue weighted by atomic mass is 16.5. The summed E-state index contributed by atoms with van der Waals surface area (Å²) in [5.74, 6) is 1.06. The third kappa shape index (κ3) is 3.09. The van der Waals surface area contributed by atoms with Crippen molar-refractivity contribution in [3.8, 4) is 5.75 Å². The molecular weight excluding hydrogens is 288 g/mol. The van der Waals surface area contributed by atoms with E-state index in [4.69, 9.17) is 4.74 Å². The maximum absolute atomic E-state index is 12.7. The Balaban J connectivity index is 1.35. The van der Waals surface area contributed by atoms with Crippen LogP contribution in [0.1, 0.15) is 48.9 Å². The van der Waals surface area contributed by atoms with Gasteiger partial charge in [-0.3, -0.25) is 4.79 Å². The van der Waals surface area contributed by atoms with Crippen molar-refractivity contribution in [2.24, 2.45) is 5.41 Å². The summed E-state index contributed by atoms with van der Waals surface area (Å²) in [5, 5.41) is 3.47. The van der Waals surface area contributed by atoms with Crippen molar-refractivity contribution in [3.63, 3.8) is 0 Å². The molecule has 4 heteroatoms. The second-order valence-electron chi connectivity index (χ2n) is 7.41. The number of hydrogen-bond donors (Lipinski definition) is 1. The number of benzene rings is 1. The van der Waals surface area contributed by atoms with E-state index in [2.05, 4.69) is 5.32 Å². The first-order chi connectivity index (χ1) is 11.2. The highest BCUT2D eigenvalue weighted by molar-refractivity contribution is 5.94. The average Bonchev–Trinajstić information content (AvgIpc) is 3.00. The van der Waals surface area contributed by atoms with Crippen LogP contribution >= 0.6 is 0 Å². The quantitative estimate of drug-likeness (QED) is 0.933. The van der Waals surface area contributed by atoms with Gasteiger partial charge in [0.25, 0.3) is 5.91 Å². The normalized spacial score (nSPS) is 23.7. The molecule has 23 heavy (non-hydrogen) atoms. The van der Waals surface area contributed by atoms with Crippen molar-refractivity contribution >= 4 is 5.91 Å². The fourth-order valence-electron chi connectivity index (χ4n) is 3.95. The molecule has 1 aromatic carbocycles. The van der Waals surface area contributed by atoms with Crippen LogP contribution in [0.4, 0.5) is 0 Å². The molecule has 0 atom stereocenters. The molecule has 1 saturated carbocycles. The van der Waals surface area contributed by atoms with Crippen molar-refractivity contribution in [1.82, 2.24) is 10.2 Å². The molecule has 1 N–H and O–H groups in total. The third-order valence-corrected chi connectivity index (χ3v) is 5.90. The first kappa shape index (κ1) is 15.0. The number of hydrogen-bond acceptors (Lipinski definition) is 3. The van der Waals surface area contributed by atoms with Gasteiger partial charge in [-0.15, -0.1) is 0 Å². The maximum atomic E-state index is 12.7. The fourth-order valence-corrected chi connectivity index (χ4v) is 3.95. The van der Waals surface area contributed by atoms with Crippen molar-refractivity contribution < 1.29 is 9.53 Å². The molecule has 3 aliphatic rings. The summed E-state index contributed by atoms with van der Waals surface area (Å²) in [5.41, 5.74) is 1.24. The molecular formula is C19H26N2O2. The molecule has 0 bridgehead atoms. The van der Waals surface area contributed by atoms with Crippen LogP contribution in [-0.2, 0) is 0 Å². The number of amides is 1. The van der Waals surface area contributed by atoms with Gasteiger partial charge in [0.2, 0.25) is 0 Å². The predicted octanol–water partition coefficient (Wildman–Crippen LogP) is 2.83. The lowest BCUT2D eigenvalue weighted by Crippen LogP contribution is -2.44. The van der Waals surface area contributed by atoms with Crippen LogP contribution in [0.3, 0.4) is 0 Å². The first-order valence-corrected chi connectivity index (χ1v) is 9.01. The van der Waals surface area contributed by atoms with Gasteiger partial charge in [-0.2, -0.15) is 0 Å². The summed E-state index contributed by atoms with van der Waals surface area (Å²) in [4.78, 5) is 14.7. The van der Waals surface area contributed by atoms with E-state index in [0.717, 1.165) is 63.2 Å². The Bertz CT molecular complexity index is 549. The SMILES string of the molecule is O=C(c1ccc(OC2CCC2)cc1)N1CCC2(CCNC2)CC1. The Hall–Kier alpha value is -1.55. The summed E-state index contributed by atoms with van der Waals surface area (Å²) in [6.45, 7) is 4.04. The monoisotopic (exact) mass is 314 g/mol. The molecule has 1 spiro atoms. The molecule has 124 valence electrons. The highest BCUT2D eigenvalue weighted by Crippen LogP contribution is 2.37. The molecule has 2 heterocycles. The minimum atomic E-state index is 0.168. The van der Waals surface area contributed by atoms with E-state index in [9.17, 15) is 4.79 Å². The Kier molecular flexibility index (Phi) is 4.02. The zero-order valence-electron chi connectivity index (χ0n) is 13.7. The van der Waals surface area contributed by atoms with Crippen LogP contribution in [0.25, 0.3) is 0 Å². The van der Waals surface area contributed by atoms with Crippen molar-refractivity contribution in [1.29, 1.82) is 0 Å². The molecule has 1 aromatic rings. The van der Waals surface area contributed by atoms with E-state index in [1.54, 1.807) is 0 Å². The smallest absolute Gasteiger partial charge is 0.253 e. The van der Waals surface area contributed by atoms with E-state index in [1.165, 1.54) is 12.8 Å². The van der Waals surface area contributed by atoms with Crippen LogP contribution in [0.15, 0.2) is 24.3 Å². The fraction of sp³-hybridized carbons (Fsp3) is 0.632. The van der Waals surface area contributed by atoms with Crippen LogP contribution < -0.4 is 10.1 Å². The van der Waals surface area contributed by atoms with Crippen molar-refractivity contribution in [2.45, 2.75) is 44.6 Å². The molecule has 1 aliphatic carbocycles. The van der Waals surface area contributed by atoms with Gasteiger partial charge in [0, 0.05) is 25.2 Å². The van der Waals surface area contributed by atoms with Crippen LogP contribution in [0, 0.1) is 5.41 Å². The van der Waals surface area contributed by atoms with Crippen LogP contribution in [0.5, 0.6) is 5.75 Å². The molecule has 3 fully saturated rings. The summed E-state index contributed by atoms with van der Waals surface area (Å²) in [6.07, 6.45) is 7.50. The predicted molar refractivity (Wildman–Crippen MR) is 89.8 cm³/mol. The van der Waals surface area contributed by atoms with Gasteiger partial charge in [-0.25, -0.2) is 0 Å². The van der Waals surface area contributed by atoms with Crippen LogP contribution in [0.2, 0.25) is 0 Å². The van der Waals surface area contributed by atoms with Crippen molar-refractivity contribution in [2.75, 3.05) is 26.2 Å². The van der Waals surface area contributed by atoms with Gasteiger partial charge >= 0.3 is 0 Å². The van der Waals surface area contributed by atoms with Crippen molar-refractivity contribution in [3.05, 3.63) is 29.8 Å². The van der Waals surface area contributed by atoms with Gasteiger partial charge in [0.05, 0.1) is 6.10 Å². The maximum Gasteiger partial charge on any atom is 0.253 e. The molecule has 0 unspecified atom stereocenters. The number of ether oxygens (including phenoxy) is 1. The number of nitrogens with one attached hydrogen (secondary N) is 1. The summed E-state index contributed by atoms with van der Waals surface area (Å²) in [6, 6.07) is 7.71. The number of carbonyl (C=O) groups excluding carboxylic acids is 1. The van der Waals surface area contributed by atoms with E-state index in [-0.39, 0.29) is 5.91 Å². The lowest BCUT2D eigenvalue weighted by molar-refractivity contribution is 0.0607. The van der Waals surface area contributed by atoms with E-state index >= 15 is 0 Å². The second kappa shape index (κ2) is 6.16. The van der Waals surface area contributed by atoms with Gasteiger partial charge in [-0.05, 0) is 74.8 Å². The van der Waals surface area contributed by atoms with Gasteiger partial charge < -0.3 is 15.0 Å².